The highest BCUT2D eigenvalue weighted by Gasteiger charge is 2.30. The van der Waals surface area contributed by atoms with Crippen molar-refractivity contribution < 1.29 is 19.0 Å². The molecule has 35 heavy (non-hydrogen) atoms. The molecule has 5 rings (SSSR count). The molecule has 0 bridgehead atoms. The number of pyridine rings is 2. The molecule has 1 aromatic carbocycles. The molecule has 2 aromatic heterocycles. The van der Waals surface area contributed by atoms with E-state index in [2.05, 4.69) is 22.1 Å². The minimum absolute atomic E-state index is 0.00234. The van der Waals surface area contributed by atoms with E-state index >= 15 is 0 Å². The average molecular weight is 481 g/mol. The molecule has 1 aliphatic heterocycles. The lowest BCUT2D eigenvalue weighted by Gasteiger charge is -2.33. The number of amides is 1. The fourth-order valence-corrected chi connectivity index (χ4v) is 4.87. The van der Waals surface area contributed by atoms with Crippen LogP contribution in [0, 0.1) is 11.7 Å². The van der Waals surface area contributed by atoms with Crippen molar-refractivity contribution in [3.05, 3.63) is 58.3 Å². The summed E-state index contributed by atoms with van der Waals surface area (Å²) >= 11 is 0. The van der Waals surface area contributed by atoms with Crippen molar-refractivity contribution in [2.75, 3.05) is 32.8 Å². The highest BCUT2D eigenvalue weighted by molar-refractivity contribution is 6.02. The third-order valence-corrected chi connectivity index (χ3v) is 6.93. The predicted molar refractivity (Wildman–Crippen MR) is 130 cm³/mol. The summed E-state index contributed by atoms with van der Waals surface area (Å²) in [6.45, 7) is 5.82. The quantitative estimate of drug-likeness (QED) is 0.563. The van der Waals surface area contributed by atoms with Gasteiger partial charge in [0.05, 0.1) is 18.6 Å². The van der Waals surface area contributed by atoms with Crippen molar-refractivity contribution in [2.24, 2.45) is 5.92 Å². The van der Waals surface area contributed by atoms with Crippen LogP contribution in [0.25, 0.3) is 22.2 Å². The number of nitrogens with one attached hydrogen (secondary N) is 1. The second-order valence-corrected chi connectivity index (χ2v) is 9.48. The summed E-state index contributed by atoms with van der Waals surface area (Å²) in [6.07, 6.45) is 3.29. The van der Waals surface area contributed by atoms with E-state index in [1.54, 1.807) is 24.4 Å². The summed E-state index contributed by atoms with van der Waals surface area (Å²) in [5.41, 5.74) is 0.832. The molecule has 1 amide bonds. The maximum absolute atomic E-state index is 13.5. The first-order valence-electron chi connectivity index (χ1n) is 12.0. The van der Waals surface area contributed by atoms with Crippen LogP contribution in [-0.2, 0) is 11.3 Å². The molecular weight excluding hydrogens is 451 g/mol. The smallest absolute Gasteiger partial charge is 0.268 e. The van der Waals surface area contributed by atoms with Gasteiger partial charge in [-0.2, -0.15) is 0 Å². The number of nitrogens with zero attached hydrogens (tertiary/aromatic N) is 3. The van der Waals surface area contributed by atoms with Crippen LogP contribution < -0.4 is 10.9 Å². The molecule has 0 radical (unpaired) electrons. The normalized spacial score (nSPS) is 20.5. The Morgan fingerprint density at radius 2 is 1.89 bits per heavy atom. The van der Waals surface area contributed by atoms with Gasteiger partial charge in [0.1, 0.15) is 22.8 Å². The molecule has 2 fully saturated rings. The summed E-state index contributed by atoms with van der Waals surface area (Å²) in [4.78, 5) is 33.3. The van der Waals surface area contributed by atoms with Gasteiger partial charge in [-0.3, -0.25) is 19.1 Å². The zero-order valence-corrected chi connectivity index (χ0v) is 19.7. The number of fused-ring (bicyclic) bond motifs is 1. The van der Waals surface area contributed by atoms with Crippen molar-refractivity contribution in [1.29, 1.82) is 0 Å². The largest absolute Gasteiger partial charge is 0.506 e. The first-order chi connectivity index (χ1) is 16.9. The molecule has 0 atom stereocenters. The van der Waals surface area contributed by atoms with Crippen molar-refractivity contribution in [2.45, 2.75) is 32.4 Å². The summed E-state index contributed by atoms with van der Waals surface area (Å²) in [6, 6.07) is 7.63. The zero-order chi connectivity index (χ0) is 24.5. The van der Waals surface area contributed by atoms with E-state index in [4.69, 9.17) is 4.74 Å². The number of hydrogen-bond acceptors (Lipinski definition) is 6. The topological polar surface area (TPSA) is 96.7 Å². The van der Waals surface area contributed by atoms with E-state index in [9.17, 15) is 19.1 Å². The molecule has 2 aliphatic rings. The third kappa shape index (κ3) is 4.78. The lowest BCUT2D eigenvalue weighted by atomic mass is 9.82. The number of rotatable bonds is 6. The average Bonchev–Trinajstić information content (AvgIpc) is 2.84. The molecule has 3 aromatic rings. The Morgan fingerprint density at radius 3 is 2.57 bits per heavy atom. The Kier molecular flexibility index (Phi) is 6.53. The molecule has 8 nitrogen and oxygen atoms in total. The van der Waals surface area contributed by atoms with Gasteiger partial charge in [0.2, 0.25) is 0 Å². The highest BCUT2D eigenvalue weighted by Crippen LogP contribution is 2.31. The van der Waals surface area contributed by atoms with Gasteiger partial charge in [0, 0.05) is 44.0 Å². The monoisotopic (exact) mass is 480 g/mol. The van der Waals surface area contributed by atoms with Crippen LogP contribution in [0.15, 0.2) is 41.3 Å². The van der Waals surface area contributed by atoms with Gasteiger partial charge in [-0.1, -0.05) is 19.1 Å². The van der Waals surface area contributed by atoms with Gasteiger partial charge in [0.15, 0.2) is 0 Å². The van der Waals surface area contributed by atoms with Crippen LogP contribution in [0.4, 0.5) is 4.39 Å². The lowest BCUT2D eigenvalue weighted by Crippen LogP contribution is -2.45. The van der Waals surface area contributed by atoms with Gasteiger partial charge in [0.25, 0.3) is 11.5 Å². The molecule has 1 saturated heterocycles. The van der Waals surface area contributed by atoms with Gasteiger partial charge < -0.3 is 15.2 Å². The minimum Gasteiger partial charge on any atom is -0.506 e. The van der Waals surface area contributed by atoms with Crippen LogP contribution in [0.2, 0.25) is 0 Å². The summed E-state index contributed by atoms with van der Waals surface area (Å²) in [5, 5.41) is 14.3. The number of halogens is 1. The molecular formula is C26H29FN4O4. The second kappa shape index (κ2) is 9.75. The maximum Gasteiger partial charge on any atom is 0.268 e. The molecule has 1 saturated carbocycles. The molecule has 184 valence electrons. The van der Waals surface area contributed by atoms with Crippen LogP contribution in [0.3, 0.4) is 0 Å². The SMILES string of the molecule is CC1CC(NC(=O)c2c(O)c3cc(-c4ccc(F)cc4)cnc3n(CCN3CCOCC3)c2=O)C1. The summed E-state index contributed by atoms with van der Waals surface area (Å²) in [5.74, 6) is -0.780. The van der Waals surface area contributed by atoms with Crippen molar-refractivity contribution in [3.8, 4) is 16.9 Å². The first kappa shape index (κ1) is 23.4. The Hall–Kier alpha value is -3.30. The number of carbonyl (C=O) groups is 1. The van der Waals surface area contributed by atoms with Crippen LogP contribution in [0.5, 0.6) is 5.75 Å². The standard InChI is InChI=1S/C26H29FN4O4/c1-16-12-20(13-16)29-25(33)22-23(32)21-14-18(17-2-4-19(27)5-3-17)15-28-24(21)31(26(22)34)7-6-30-8-10-35-11-9-30/h2-5,14-16,20,32H,6-13H2,1H3,(H,29,33). The van der Waals surface area contributed by atoms with E-state index in [-0.39, 0.29) is 23.2 Å². The summed E-state index contributed by atoms with van der Waals surface area (Å²) < 4.78 is 20.3. The van der Waals surface area contributed by atoms with Gasteiger partial charge in [-0.05, 0) is 42.5 Å². The first-order valence-corrected chi connectivity index (χ1v) is 12.0. The molecule has 1 aliphatic carbocycles. The van der Waals surface area contributed by atoms with Gasteiger partial charge in [-0.25, -0.2) is 9.37 Å². The molecule has 9 heteroatoms. The van der Waals surface area contributed by atoms with Crippen molar-refractivity contribution in [3.63, 3.8) is 0 Å². The van der Waals surface area contributed by atoms with Gasteiger partial charge in [-0.15, -0.1) is 0 Å². The maximum atomic E-state index is 13.5. The molecule has 2 N–H and O–H groups in total. The van der Waals surface area contributed by atoms with Crippen LogP contribution >= 0.6 is 0 Å². The Balaban J connectivity index is 1.57. The van der Waals surface area contributed by atoms with Crippen LogP contribution in [0.1, 0.15) is 30.1 Å². The molecule has 0 unspecified atom stereocenters. The fraction of sp³-hybridized carbons (Fsp3) is 0.423. The Bertz CT molecular complexity index is 1300. The van der Waals surface area contributed by atoms with E-state index in [0.29, 0.717) is 54.4 Å². The van der Waals surface area contributed by atoms with E-state index in [1.165, 1.54) is 16.7 Å². The molecule has 3 heterocycles. The van der Waals surface area contributed by atoms with E-state index < -0.39 is 11.5 Å². The number of benzene rings is 1. The van der Waals surface area contributed by atoms with Gasteiger partial charge >= 0.3 is 0 Å². The lowest BCUT2D eigenvalue weighted by molar-refractivity contribution is 0.0364. The summed E-state index contributed by atoms with van der Waals surface area (Å²) in [7, 11) is 0. The third-order valence-electron chi connectivity index (χ3n) is 6.93. The van der Waals surface area contributed by atoms with E-state index in [1.807, 2.05) is 0 Å². The van der Waals surface area contributed by atoms with Crippen LogP contribution in [-0.4, -0.2) is 64.4 Å². The number of ether oxygens (including phenoxy) is 1. The number of carbonyl (C=O) groups excluding carboxylic acids is 1. The predicted octanol–water partition coefficient (Wildman–Crippen LogP) is 2.77. The number of morpholine rings is 1. The minimum atomic E-state index is -0.571. The zero-order valence-electron chi connectivity index (χ0n) is 19.7. The fourth-order valence-electron chi connectivity index (χ4n) is 4.87. The van der Waals surface area contributed by atoms with E-state index in [0.717, 1.165) is 25.9 Å². The Labute approximate surface area is 202 Å². The van der Waals surface area contributed by atoms with Crippen molar-refractivity contribution >= 4 is 16.9 Å². The number of aromatic hydroxyl groups is 1. The second-order valence-electron chi connectivity index (χ2n) is 9.48. The molecule has 0 spiro atoms. The number of aromatic nitrogens is 2. The highest BCUT2D eigenvalue weighted by atomic mass is 19.1. The van der Waals surface area contributed by atoms with Crippen molar-refractivity contribution in [1.82, 2.24) is 19.8 Å². The number of hydrogen-bond donors (Lipinski definition) is 2. The Morgan fingerprint density at radius 1 is 1.17 bits per heavy atom.